The molecule has 76 heavy (non-hydrogen) atoms. The number of nitrogens with zero attached hydrogens (tertiary/aromatic N) is 2. The van der Waals surface area contributed by atoms with Gasteiger partial charge in [0.15, 0.2) is 6.29 Å². The summed E-state index contributed by atoms with van der Waals surface area (Å²) in [6.07, 6.45) is 8.41. The number of aromatic nitrogens is 4. The molecule has 2 aromatic rings. The first-order valence-corrected chi connectivity index (χ1v) is 28.5. The van der Waals surface area contributed by atoms with E-state index in [0.29, 0.717) is 83.5 Å². The second-order valence-electron chi connectivity index (χ2n) is 26.6. The number of H-pyrrole nitrogens is 2. The number of allylic oxidation sites excluding steroid dienone is 2. The van der Waals surface area contributed by atoms with E-state index in [0.717, 1.165) is 29.8 Å². The molecule has 2 spiro atoms. The van der Waals surface area contributed by atoms with Gasteiger partial charge in [-0.1, -0.05) is 58.1 Å². The summed E-state index contributed by atoms with van der Waals surface area (Å²) >= 11 is 0. The van der Waals surface area contributed by atoms with Crippen LogP contribution >= 0.6 is 0 Å². The third kappa shape index (κ3) is 7.77. The van der Waals surface area contributed by atoms with Gasteiger partial charge >= 0.3 is 5.97 Å². The zero-order valence-electron chi connectivity index (χ0n) is 44.7. The van der Waals surface area contributed by atoms with Crippen molar-refractivity contribution >= 4 is 11.9 Å². The van der Waals surface area contributed by atoms with Gasteiger partial charge in [-0.15, -0.1) is 5.92 Å². The Morgan fingerprint density at radius 1 is 0.908 bits per heavy atom. The van der Waals surface area contributed by atoms with E-state index in [2.05, 4.69) is 63.9 Å². The Labute approximate surface area is 445 Å². The van der Waals surface area contributed by atoms with Crippen molar-refractivity contribution in [2.24, 2.45) is 85.1 Å². The van der Waals surface area contributed by atoms with Crippen molar-refractivity contribution in [3.8, 4) is 11.8 Å². The molecule has 0 aromatic carbocycles. The second kappa shape index (κ2) is 19.5. The summed E-state index contributed by atoms with van der Waals surface area (Å²) in [7, 11) is 0. The van der Waals surface area contributed by atoms with Crippen molar-refractivity contribution in [2.75, 3.05) is 19.8 Å². The molecule has 1 amide bonds. The van der Waals surface area contributed by atoms with Crippen molar-refractivity contribution in [1.82, 2.24) is 25.3 Å². The van der Waals surface area contributed by atoms with Crippen molar-refractivity contribution in [2.45, 2.75) is 185 Å². The van der Waals surface area contributed by atoms with Crippen LogP contribution in [0.4, 0.5) is 0 Å². The molecule has 5 saturated carbocycles. The number of rotatable bonds is 13. The molecule has 4 bridgehead atoms. The molecule has 18 heteroatoms. The molecule has 0 radical (unpaired) electrons. The first kappa shape index (κ1) is 54.2. The van der Waals surface area contributed by atoms with Crippen LogP contribution in [-0.2, 0) is 25.5 Å². The Kier molecular flexibility index (Phi) is 13.9. The largest absolute Gasteiger partial charge is 0.481 e. The fraction of sp³-hybridized carbons (Fsp3) is 0.793. The fourth-order valence-electron chi connectivity index (χ4n) is 19.9. The number of nitrogens with one attached hydrogen (secondary N) is 3. The maximum absolute atomic E-state index is 15.2. The Balaban J connectivity index is 1.15. The number of aliphatic carboxylic acids is 1. The molecular formula is C58H84N6O12. The number of imidazole rings is 2. The van der Waals surface area contributed by atoms with E-state index in [1.54, 1.807) is 18.9 Å². The number of carbonyl (C=O) groups excluding carboxylic acids is 1. The van der Waals surface area contributed by atoms with Crippen molar-refractivity contribution in [1.29, 1.82) is 0 Å². The number of nitrogens with two attached hydrogens (primary N) is 1. The van der Waals surface area contributed by atoms with Crippen LogP contribution < -0.4 is 11.1 Å². The highest BCUT2D eigenvalue weighted by Crippen LogP contribution is 2.80. The lowest BCUT2D eigenvalue weighted by molar-refractivity contribution is -0.344. The van der Waals surface area contributed by atoms with E-state index in [1.165, 1.54) is 0 Å². The van der Waals surface area contributed by atoms with Crippen LogP contribution in [0, 0.1) is 91.2 Å². The molecule has 22 atom stereocenters. The summed E-state index contributed by atoms with van der Waals surface area (Å²) in [4.78, 5) is 45.0. The van der Waals surface area contributed by atoms with E-state index >= 15 is 4.79 Å². The van der Waals surface area contributed by atoms with Crippen molar-refractivity contribution in [3.63, 3.8) is 0 Å². The minimum Gasteiger partial charge on any atom is -0.481 e. The number of hydrogen-bond donors (Lipinski definition) is 12. The second-order valence-corrected chi connectivity index (χ2v) is 26.6. The maximum atomic E-state index is 15.2. The molecule has 2 saturated heterocycles. The van der Waals surface area contributed by atoms with Crippen LogP contribution in [0.2, 0.25) is 0 Å². The number of aliphatic hydroxyl groups is 7. The number of fused-ring (bicyclic) bond motifs is 2. The molecule has 22 unspecified atom stereocenters. The molecule has 2 aromatic heterocycles. The normalized spacial score (nSPS) is 47.1. The minimum atomic E-state index is -1.68. The number of carboxylic acid groups (broad SMARTS) is 1. The highest BCUT2D eigenvalue weighted by Gasteiger charge is 2.77. The maximum Gasteiger partial charge on any atom is 0.310 e. The van der Waals surface area contributed by atoms with Crippen molar-refractivity contribution < 1.29 is 59.9 Å². The van der Waals surface area contributed by atoms with Crippen LogP contribution in [0.5, 0.6) is 0 Å². The first-order chi connectivity index (χ1) is 36.2. The lowest BCUT2D eigenvalue weighted by Crippen LogP contribution is -2.74. The number of carbonyl (C=O) groups is 2. The summed E-state index contributed by atoms with van der Waals surface area (Å²) in [5.74, 6) is 3.46. The number of carboxylic acids is 1. The molecule has 13 N–H and O–H groups in total. The van der Waals surface area contributed by atoms with Crippen LogP contribution in [-0.4, -0.2) is 142 Å². The van der Waals surface area contributed by atoms with E-state index in [4.69, 9.17) is 15.2 Å². The molecule has 4 heterocycles. The number of aliphatic hydroxyl groups excluding tert-OH is 7. The molecule has 7 fully saturated rings. The molecule has 7 aliphatic carbocycles. The summed E-state index contributed by atoms with van der Waals surface area (Å²) in [6.45, 7) is 7.97. The lowest BCUT2D eigenvalue weighted by Gasteiger charge is -2.75. The number of aromatic amines is 2. The van der Waals surface area contributed by atoms with Crippen LogP contribution in [0.3, 0.4) is 0 Å². The van der Waals surface area contributed by atoms with Gasteiger partial charge in [-0.05, 0) is 123 Å². The highest BCUT2D eigenvalue weighted by atomic mass is 16.7. The average Bonchev–Trinajstić information content (AvgIpc) is 4.33. The van der Waals surface area contributed by atoms with Gasteiger partial charge in [0.05, 0.1) is 48.9 Å². The van der Waals surface area contributed by atoms with Gasteiger partial charge < -0.3 is 71.3 Å². The van der Waals surface area contributed by atoms with E-state index < -0.39 is 117 Å². The van der Waals surface area contributed by atoms with Gasteiger partial charge in [-0.25, -0.2) is 9.97 Å². The minimum absolute atomic E-state index is 0.0520. The Morgan fingerprint density at radius 3 is 2.33 bits per heavy atom. The van der Waals surface area contributed by atoms with Gasteiger partial charge in [0.25, 0.3) is 0 Å². The quantitative estimate of drug-likeness (QED) is 0.0590. The monoisotopic (exact) mass is 1060 g/mol. The Hall–Kier alpha value is -3.74. The zero-order valence-corrected chi connectivity index (χ0v) is 44.7. The van der Waals surface area contributed by atoms with Crippen molar-refractivity contribution in [3.05, 3.63) is 48.1 Å². The van der Waals surface area contributed by atoms with E-state index in [-0.39, 0.29) is 55.1 Å². The SMILES string of the molecule is CC1(CO)CCC2(C(=O)O)CC(Cc3cnc[nH]3)C34CCC#CC(C5C(C(CCC(N)O)c6cnc[nH]6)NC(=O)C56CCCC6)C5C(O)C(OC6OCC(O)C(O)C6O)C(C)(CO)C6CCC3(C)C(CC=C4C2C1)C56C. The summed E-state index contributed by atoms with van der Waals surface area (Å²) in [6, 6.07) is -0.542. The smallest absolute Gasteiger partial charge is 0.310 e. The lowest BCUT2D eigenvalue weighted by atomic mass is 9.28. The summed E-state index contributed by atoms with van der Waals surface area (Å²) < 4.78 is 12.8. The first-order valence-electron chi connectivity index (χ1n) is 28.5. The standard InChI is InChI=1S/C58H84N6O12/c1-52(27-65)19-20-57(51(73)74)22-31(21-32-24-60-29-62-32)58-17-6-5-9-34(42-44(64-50(72)56(42)15-7-8-16-56)33(10-13-41(59)68)37-25-61-30-63-37)43-46(70)48(76-49-47(71)45(69)38(67)26-75-49)53(2,28-66)39-14-18-54(58,3)40(55(39,43)4)12-11-35(58)36(57)23-52/h11,24-25,29-31,33-34,36,38-49,65-71H,6-8,10,12-23,26-28,59H2,1-4H3,(H,60,62)(H,61,63)(H,64,72)(H,73,74). The molecule has 18 nitrogen and oxygen atoms in total. The molecule has 11 rings (SSSR count). The molecule has 2 aliphatic heterocycles. The average molecular weight is 1060 g/mol. The summed E-state index contributed by atoms with van der Waals surface area (Å²) in [5.41, 5.74) is 3.27. The van der Waals surface area contributed by atoms with Crippen LogP contribution in [0.1, 0.15) is 141 Å². The zero-order chi connectivity index (χ0) is 54.0. The highest BCUT2D eigenvalue weighted by molar-refractivity contribution is 5.86. The van der Waals surface area contributed by atoms with Gasteiger partial charge in [0, 0.05) is 77.4 Å². The van der Waals surface area contributed by atoms with Gasteiger partial charge in [0.1, 0.15) is 24.5 Å². The van der Waals surface area contributed by atoms with E-state index in [9.17, 15) is 45.6 Å². The number of hydrogen-bond acceptors (Lipinski definition) is 14. The Bertz CT molecular complexity index is 2560. The third-order valence-electron chi connectivity index (χ3n) is 23.4. The molecule has 418 valence electrons. The predicted octanol–water partition coefficient (Wildman–Crippen LogP) is 3.66. The summed E-state index contributed by atoms with van der Waals surface area (Å²) in [5, 5.41) is 96.0. The third-order valence-corrected chi connectivity index (χ3v) is 23.4. The van der Waals surface area contributed by atoms with Crippen LogP contribution in [0.15, 0.2) is 36.7 Å². The number of amides is 1. The van der Waals surface area contributed by atoms with Gasteiger partial charge in [-0.2, -0.15) is 0 Å². The van der Waals surface area contributed by atoms with Crippen LogP contribution in [0.25, 0.3) is 0 Å². The predicted molar refractivity (Wildman–Crippen MR) is 275 cm³/mol. The molecule has 9 aliphatic rings. The number of ether oxygens (including phenoxy) is 2. The van der Waals surface area contributed by atoms with Gasteiger partial charge in [-0.3, -0.25) is 9.59 Å². The topological polar surface area (TPSA) is 310 Å². The van der Waals surface area contributed by atoms with Gasteiger partial charge in [0.2, 0.25) is 5.91 Å². The Morgan fingerprint density at radius 2 is 1.66 bits per heavy atom. The van der Waals surface area contributed by atoms with E-state index in [1.807, 2.05) is 13.1 Å². The fourth-order valence-corrected chi connectivity index (χ4v) is 19.9. The molecular weight excluding hydrogens is 973 g/mol.